The molecule has 0 amide bonds. The lowest BCUT2D eigenvalue weighted by Crippen LogP contribution is -2.41. The van der Waals surface area contributed by atoms with Gasteiger partial charge in [0.25, 0.3) is 0 Å². The smallest absolute Gasteiger partial charge is 0.241 e. The van der Waals surface area contributed by atoms with Crippen LogP contribution in [0.4, 0.5) is 4.39 Å². The highest BCUT2D eigenvalue weighted by Crippen LogP contribution is 2.33. The summed E-state index contributed by atoms with van der Waals surface area (Å²) in [6.45, 7) is 1.86. The molecule has 1 saturated carbocycles. The maximum Gasteiger partial charge on any atom is 0.241 e. The standard InChI is InChI=1S/C12H17FN2O2S.ClH/c1-8-6-10(13)4-5-12(8)18(16,17)15-11(7-14)9-2-3-9;/h4-6,9,11,15H,2-3,7,14H2,1H3;1H. The Bertz CT molecular complexity index is 547. The topological polar surface area (TPSA) is 72.2 Å². The maximum atomic E-state index is 13.0. The Morgan fingerprint density at radius 3 is 2.58 bits per heavy atom. The number of benzene rings is 1. The molecule has 0 saturated heterocycles. The van der Waals surface area contributed by atoms with Gasteiger partial charge in [0.1, 0.15) is 5.82 Å². The highest BCUT2D eigenvalue weighted by molar-refractivity contribution is 7.89. The number of aryl methyl sites for hydroxylation is 1. The van der Waals surface area contributed by atoms with Gasteiger partial charge in [0.2, 0.25) is 10.0 Å². The molecule has 1 atom stereocenters. The predicted octanol–water partition coefficient (Wildman–Crippen LogP) is 1.57. The lowest BCUT2D eigenvalue weighted by molar-refractivity contribution is 0.518. The summed E-state index contributed by atoms with van der Waals surface area (Å²) in [5.74, 6) is -0.102. The second-order valence-corrected chi connectivity index (χ2v) is 6.39. The van der Waals surface area contributed by atoms with Gasteiger partial charge in [-0.1, -0.05) is 0 Å². The Morgan fingerprint density at radius 2 is 2.11 bits per heavy atom. The van der Waals surface area contributed by atoms with Gasteiger partial charge < -0.3 is 5.73 Å². The molecule has 3 N–H and O–H groups in total. The van der Waals surface area contributed by atoms with Gasteiger partial charge in [-0.25, -0.2) is 17.5 Å². The Kier molecular flexibility index (Phi) is 5.32. The Morgan fingerprint density at radius 1 is 1.47 bits per heavy atom. The van der Waals surface area contributed by atoms with E-state index >= 15 is 0 Å². The molecule has 1 aromatic carbocycles. The highest BCUT2D eigenvalue weighted by Gasteiger charge is 2.33. The monoisotopic (exact) mass is 308 g/mol. The Hall–Kier alpha value is -0.690. The van der Waals surface area contributed by atoms with Crippen molar-refractivity contribution in [1.82, 2.24) is 4.72 Å². The average Bonchev–Trinajstić information content (AvgIpc) is 3.09. The molecule has 0 bridgehead atoms. The molecule has 0 aromatic heterocycles. The van der Waals surface area contributed by atoms with Crippen molar-refractivity contribution in [3.05, 3.63) is 29.6 Å². The van der Waals surface area contributed by atoms with E-state index < -0.39 is 15.8 Å². The summed E-state index contributed by atoms with van der Waals surface area (Å²) in [6, 6.07) is 3.42. The molecular formula is C12H18ClFN2O2S. The minimum atomic E-state index is -3.62. The van der Waals surface area contributed by atoms with E-state index in [0.717, 1.165) is 18.9 Å². The quantitative estimate of drug-likeness (QED) is 0.867. The molecule has 7 heteroatoms. The molecule has 1 unspecified atom stereocenters. The van der Waals surface area contributed by atoms with Crippen LogP contribution < -0.4 is 10.5 Å². The van der Waals surface area contributed by atoms with Crippen LogP contribution >= 0.6 is 12.4 Å². The normalized spacial score (nSPS) is 16.8. The van der Waals surface area contributed by atoms with E-state index in [0.29, 0.717) is 11.5 Å². The minimum absolute atomic E-state index is 0. The van der Waals surface area contributed by atoms with Crippen LogP contribution in [0.25, 0.3) is 0 Å². The van der Waals surface area contributed by atoms with Crippen LogP contribution in [0.2, 0.25) is 0 Å². The van der Waals surface area contributed by atoms with Crippen molar-refractivity contribution in [3.8, 4) is 0 Å². The first kappa shape index (κ1) is 16.4. The highest BCUT2D eigenvalue weighted by atomic mass is 35.5. The lowest BCUT2D eigenvalue weighted by Gasteiger charge is -2.17. The van der Waals surface area contributed by atoms with Crippen molar-refractivity contribution in [1.29, 1.82) is 0 Å². The molecule has 1 fully saturated rings. The number of hydrogen-bond acceptors (Lipinski definition) is 3. The number of nitrogens with one attached hydrogen (secondary N) is 1. The van der Waals surface area contributed by atoms with Crippen LogP contribution in [0.15, 0.2) is 23.1 Å². The van der Waals surface area contributed by atoms with E-state index in [-0.39, 0.29) is 29.9 Å². The van der Waals surface area contributed by atoms with E-state index in [1.54, 1.807) is 6.92 Å². The third kappa shape index (κ3) is 3.89. The van der Waals surface area contributed by atoms with Gasteiger partial charge in [-0.2, -0.15) is 0 Å². The second kappa shape index (κ2) is 6.17. The third-order valence-electron chi connectivity index (χ3n) is 3.18. The zero-order valence-electron chi connectivity index (χ0n) is 10.6. The summed E-state index contributed by atoms with van der Waals surface area (Å²) < 4.78 is 39.9. The summed E-state index contributed by atoms with van der Waals surface area (Å²) in [7, 11) is -3.62. The number of rotatable bonds is 5. The molecular weight excluding hydrogens is 291 g/mol. The molecule has 1 aromatic rings. The molecule has 0 heterocycles. The second-order valence-electron chi connectivity index (χ2n) is 4.71. The van der Waals surface area contributed by atoms with Gasteiger partial charge in [-0.15, -0.1) is 12.4 Å². The van der Waals surface area contributed by atoms with E-state index in [2.05, 4.69) is 4.72 Å². The van der Waals surface area contributed by atoms with Gasteiger partial charge >= 0.3 is 0 Å². The predicted molar refractivity (Wildman–Crippen MR) is 74.3 cm³/mol. The molecule has 4 nitrogen and oxygen atoms in total. The molecule has 0 spiro atoms. The van der Waals surface area contributed by atoms with Crippen LogP contribution in [0.1, 0.15) is 18.4 Å². The molecule has 0 aliphatic heterocycles. The fraction of sp³-hybridized carbons (Fsp3) is 0.500. The van der Waals surface area contributed by atoms with E-state index in [9.17, 15) is 12.8 Å². The van der Waals surface area contributed by atoms with Gasteiger partial charge in [0, 0.05) is 12.6 Å². The van der Waals surface area contributed by atoms with Crippen LogP contribution in [0.3, 0.4) is 0 Å². The van der Waals surface area contributed by atoms with E-state index in [1.807, 2.05) is 0 Å². The number of hydrogen-bond donors (Lipinski definition) is 2. The number of halogens is 2. The lowest BCUT2D eigenvalue weighted by atomic mass is 10.2. The molecule has 0 radical (unpaired) electrons. The Labute approximate surface area is 119 Å². The number of nitrogens with two attached hydrogens (primary N) is 1. The van der Waals surface area contributed by atoms with Crippen LogP contribution in [0, 0.1) is 18.7 Å². The van der Waals surface area contributed by atoms with Crippen molar-refractivity contribution in [2.45, 2.75) is 30.7 Å². The molecule has 19 heavy (non-hydrogen) atoms. The fourth-order valence-corrected chi connectivity index (χ4v) is 3.56. The van der Waals surface area contributed by atoms with Gasteiger partial charge in [-0.05, 0) is 49.4 Å². The van der Waals surface area contributed by atoms with Crippen molar-refractivity contribution in [2.75, 3.05) is 6.54 Å². The first-order valence-corrected chi connectivity index (χ1v) is 7.41. The zero-order valence-corrected chi connectivity index (χ0v) is 12.2. The van der Waals surface area contributed by atoms with Gasteiger partial charge in [0.15, 0.2) is 0 Å². The maximum absolute atomic E-state index is 13.0. The average molecular weight is 309 g/mol. The molecule has 1 aliphatic rings. The largest absolute Gasteiger partial charge is 0.329 e. The van der Waals surface area contributed by atoms with Gasteiger partial charge in [-0.3, -0.25) is 0 Å². The summed E-state index contributed by atoms with van der Waals surface area (Å²) in [5, 5.41) is 0. The van der Waals surface area contributed by atoms with Crippen LogP contribution in [-0.4, -0.2) is 21.0 Å². The fourth-order valence-electron chi connectivity index (χ4n) is 2.01. The summed E-state index contributed by atoms with van der Waals surface area (Å²) in [5.41, 5.74) is 5.97. The molecule has 2 rings (SSSR count). The molecule has 108 valence electrons. The zero-order chi connectivity index (χ0) is 13.3. The number of sulfonamides is 1. The summed E-state index contributed by atoms with van der Waals surface area (Å²) in [6.07, 6.45) is 2.01. The summed E-state index contributed by atoms with van der Waals surface area (Å²) in [4.78, 5) is 0.114. The minimum Gasteiger partial charge on any atom is -0.329 e. The van der Waals surface area contributed by atoms with Crippen molar-refractivity contribution in [2.24, 2.45) is 11.7 Å². The van der Waals surface area contributed by atoms with Crippen molar-refractivity contribution in [3.63, 3.8) is 0 Å². The first-order chi connectivity index (χ1) is 8.44. The van der Waals surface area contributed by atoms with Crippen LogP contribution in [0.5, 0.6) is 0 Å². The third-order valence-corrected chi connectivity index (χ3v) is 4.83. The molecule has 1 aliphatic carbocycles. The van der Waals surface area contributed by atoms with Gasteiger partial charge in [0.05, 0.1) is 4.90 Å². The van der Waals surface area contributed by atoms with Crippen molar-refractivity contribution < 1.29 is 12.8 Å². The van der Waals surface area contributed by atoms with E-state index in [1.165, 1.54) is 12.1 Å². The Balaban J connectivity index is 0.00000180. The SMILES string of the molecule is Cc1cc(F)ccc1S(=O)(=O)NC(CN)C1CC1.Cl. The van der Waals surface area contributed by atoms with Crippen molar-refractivity contribution >= 4 is 22.4 Å². The van der Waals surface area contributed by atoms with Crippen LogP contribution in [-0.2, 0) is 10.0 Å². The first-order valence-electron chi connectivity index (χ1n) is 5.92. The summed E-state index contributed by atoms with van der Waals surface area (Å²) >= 11 is 0. The van der Waals surface area contributed by atoms with E-state index in [4.69, 9.17) is 5.73 Å².